The number of fused-ring (bicyclic) bond motifs is 1. The Morgan fingerprint density at radius 1 is 1.10 bits per heavy atom. The summed E-state index contributed by atoms with van der Waals surface area (Å²) in [7, 11) is 0. The lowest BCUT2D eigenvalue weighted by Gasteiger charge is -2.25. The zero-order valence-electron chi connectivity index (χ0n) is 16.1. The highest BCUT2D eigenvalue weighted by Gasteiger charge is 2.31. The van der Waals surface area contributed by atoms with Crippen molar-refractivity contribution >= 4 is 11.8 Å². The van der Waals surface area contributed by atoms with Gasteiger partial charge in [0.1, 0.15) is 5.82 Å². The Balaban J connectivity index is 1.34. The van der Waals surface area contributed by atoms with Gasteiger partial charge in [-0.3, -0.25) is 0 Å². The number of aliphatic hydroxyl groups excluding tert-OH is 1. The van der Waals surface area contributed by atoms with Crippen LogP contribution >= 0.6 is 0 Å². The fraction of sp³-hybridized carbons (Fsp3) is 0.273. The zero-order chi connectivity index (χ0) is 20.0. The first-order chi connectivity index (χ1) is 14.1. The first-order valence-corrected chi connectivity index (χ1v) is 9.77. The molecule has 2 aliphatic heterocycles. The lowest BCUT2D eigenvalue weighted by atomic mass is 9.98. The smallest absolute Gasteiger partial charge is 0.202 e. The van der Waals surface area contributed by atoms with Crippen molar-refractivity contribution in [2.24, 2.45) is 4.99 Å². The zero-order valence-corrected chi connectivity index (χ0v) is 16.1. The summed E-state index contributed by atoms with van der Waals surface area (Å²) in [4.78, 5) is 6.60. The van der Waals surface area contributed by atoms with E-state index in [9.17, 15) is 9.50 Å². The number of aliphatic hydroxyl groups is 1. The lowest BCUT2D eigenvalue weighted by Crippen LogP contribution is -2.37. The largest absolute Gasteiger partial charge is 0.368 e. The molecular weight excluding hydrogens is 369 g/mol. The molecule has 0 aliphatic carbocycles. The maximum Gasteiger partial charge on any atom is 0.202 e. The molecule has 1 fully saturated rings. The van der Waals surface area contributed by atoms with Gasteiger partial charge in [0.2, 0.25) is 5.96 Å². The molecule has 0 amide bonds. The van der Waals surface area contributed by atoms with E-state index in [0.29, 0.717) is 23.3 Å². The standard InChI is InChI=1S/C22H22FN5O/c1-14-2-4-15(5-3-14)16-10-11-27(12-16)22-24-20-19(21(29)25-22)13-28(26-20)18-8-6-17(23)7-9-18/h2-9,13,16,21,29H,10-12H2,1H3,(H,24,25,26). The molecule has 1 aromatic heterocycles. The number of hydrogen-bond acceptors (Lipinski definition) is 5. The highest BCUT2D eigenvalue weighted by atomic mass is 19.1. The van der Waals surface area contributed by atoms with E-state index >= 15 is 0 Å². The van der Waals surface area contributed by atoms with Gasteiger partial charge in [0, 0.05) is 25.2 Å². The topological polar surface area (TPSA) is 65.7 Å². The third kappa shape index (κ3) is 3.38. The van der Waals surface area contributed by atoms with Crippen molar-refractivity contribution in [3.63, 3.8) is 0 Å². The number of benzene rings is 2. The van der Waals surface area contributed by atoms with E-state index in [1.807, 2.05) is 0 Å². The fourth-order valence-corrected chi connectivity index (χ4v) is 3.95. The van der Waals surface area contributed by atoms with Gasteiger partial charge in [-0.2, -0.15) is 0 Å². The van der Waals surface area contributed by atoms with Crippen molar-refractivity contribution in [1.82, 2.24) is 14.7 Å². The predicted molar refractivity (Wildman–Crippen MR) is 110 cm³/mol. The molecule has 29 heavy (non-hydrogen) atoms. The quantitative estimate of drug-likeness (QED) is 0.701. The number of nitrogens with zero attached hydrogens (tertiary/aromatic N) is 4. The van der Waals surface area contributed by atoms with E-state index in [1.54, 1.807) is 23.0 Å². The van der Waals surface area contributed by atoms with Gasteiger partial charge in [-0.25, -0.2) is 14.1 Å². The van der Waals surface area contributed by atoms with Crippen molar-refractivity contribution in [3.8, 4) is 5.69 Å². The van der Waals surface area contributed by atoms with Crippen LogP contribution in [0, 0.1) is 12.7 Å². The van der Waals surface area contributed by atoms with Crippen LogP contribution in [0.15, 0.2) is 59.7 Å². The van der Waals surface area contributed by atoms with E-state index in [-0.39, 0.29) is 5.82 Å². The monoisotopic (exact) mass is 391 g/mol. The molecule has 3 heterocycles. The molecule has 1 saturated heterocycles. The summed E-state index contributed by atoms with van der Waals surface area (Å²) in [5.74, 6) is 1.36. The molecule has 0 spiro atoms. The summed E-state index contributed by atoms with van der Waals surface area (Å²) >= 11 is 0. The lowest BCUT2D eigenvalue weighted by molar-refractivity contribution is 0.185. The van der Waals surface area contributed by atoms with Crippen LogP contribution in [-0.4, -0.2) is 38.8 Å². The third-order valence-corrected chi connectivity index (χ3v) is 5.62. The molecule has 148 valence electrons. The second-order valence-electron chi connectivity index (χ2n) is 7.65. The first kappa shape index (κ1) is 17.9. The number of halogens is 1. The molecule has 5 rings (SSSR count). The van der Waals surface area contributed by atoms with Crippen molar-refractivity contribution in [2.45, 2.75) is 25.5 Å². The van der Waals surface area contributed by atoms with E-state index in [4.69, 9.17) is 0 Å². The summed E-state index contributed by atoms with van der Waals surface area (Å²) in [6.45, 7) is 3.80. The second-order valence-corrected chi connectivity index (χ2v) is 7.65. The Kier molecular flexibility index (Phi) is 4.32. The fourth-order valence-electron chi connectivity index (χ4n) is 3.95. The molecule has 2 aromatic carbocycles. The Bertz CT molecular complexity index is 1060. The molecule has 2 N–H and O–H groups in total. The molecule has 0 radical (unpaired) electrons. The van der Waals surface area contributed by atoms with Crippen molar-refractivity contribution < 1.29 is 9.50 Å². The molecule has 2 unspecified atom stereocenters. The van der Waals surface area contributed by atoms with Crippen LogP contribution in [-0.2, 0) is 0 Å². The van der Waals surface area contributed by atoms with Crippen LogP contribution in [0.2, 0.25) is 0 Å². The molecular formula is C22H22FN5O. The number of rotatable bonds is 2. The van der Waals surface area contributed by atoms with Crippen molar-refractivity contribution in [2.75, 3.05) is 18.4 Å². The van der Waals surface area contributed by atoms with E-state index in [2.05, 4.69) is 51.5 Å². The van der Waals surface area contributed by atoms with Gasteiger partial charge >= 0.3 is 0 Å². The average Bonchev–Trinajstić information content (AvgIpc) is 3.37. The summed E-state index contributed by atoms with van der Waals surface area (Å²) < 4.78 is 14.8. The number of anilines is 1. The van der Waals surface area contributed by atoms with Gasteiger partial charge in [0.05, 0.1) is 11.3 Å². The minimum atomic E-state index is -0.978. The normalized spacial score (nSPS) is 20.9. The summed E-state index contributed by atoms with van der Waals surface area (Å²) in [5.41, 5.74) is 3.91. The average molecular weight is 391 g/mol. The Morgan fingerprint density at radius 2 is 1.86 bits per heavy atom. The van der Waals surface area contributed by atoms with Crippen molar-refractivity contribution in [3.05, 3.63) is 77.2 Å². The summed E-state index contributed by atoms with van der Waals surface area (Å²) in [6, 6.07) is 14.7. The van der Waals surface area contributed by atoms with Crippen LogP contribution in [0.4, 0.5) is 10.2 Å². The van der Waals surface area contributed by atoms with Crippen LogP contribution < -0.4 is 5.32 Å². The molecule has 2 aliphatic rings. The van der Waals surface area contributed by atoms with Gasteiger partial charge in [-0.1, -0.05) is 29.8 Å². The number of aliphatic imine (C=N–C) groups is 1. The Labute approximate surface area is 168 Å². The second kappa shape index (κ2) is 7.00. The van der Waals surface area contributed by atoms with E-state index in [0.717, 1.165) is 25.2 Å². The molecule has 0 saturated carbocycles. The predicted octanol–water partition coefficient (Wildman–Crippen LogP) is 3.58. The maximum absolute atomic E-state index is 13.2. The minimum absolute atomic E-state index is 0.299. The summed E-state index contributed by atoms with van der Waals surface area (Å²) in [5, 5.41) is 18.3. The molecule has 7 heteroatoms. The van der Waals surface area contributed by atoms with Crippen LogP contribution in [0.3, 0.4) is 0 Å². The van der Waals surface area contributed by atoms with Crippen LogP contribution in [0.25, 0.3) is 5.69 Å². The summed E-state index contributed by atoms with van der Waals surface area (Å²) in [6.07, 6.45) is 1.78. The third-order valence-electron chi connectivity index (χ3n) is 5.62. The Morgan fingerprint density at radius 3 is 2.62 bits per heavy atom. The van der Waals surface area contributed by atoms with Gasteiger partial charge in [0.15, 0.2) is 12.0 Å². The number of nitrogens with one attached hydrogen (secondary N) is 1. The first-order valence-electron chi connectivity index (χ1n) is 9.77. The number of aromatic nitrogens is 2. The highest BCUT2D eigenvalue weighted by Crippen LogP contribution is 2.32. The number of guanidine groups is 1. The maximum atomic E-state index is 13.2. The highest BCUT2D eigenvalue weighted by molar-refractivity contribution is 5.95. The Hall–Kier alpha value is -3.19. The molecule has 0 bridgehead atoms. The van der Waals surface area contributed by atoms with Crippen LogP contribution in [0.1, 0.15) is 35.3 Å². The van der Waals surface area contributed by atoms with Gasteiger partial charge in [-0.15, -0.1) is 5.10 Å². The molecule has 3 aromatic rings. The number of aryl methyl sites for hydroxylation is 1. The van der Waals surface area contributed by atoms with Crippen molar-refractivity contribution in [1.29, 1.82) is 0 Å². The SMILES string of the molecule is Cc1ccc(C2CCN(C3=NC(O)c4cn(-c5ccc(F)cc5)nc4N3)C2)cc1. The molecule has 6 nitrogen and oxygen atoms in total. The van der Waals surface area contributed by atoms with Gasteiger partial charge < -0.3 is 15.3 Å². The number of hydrogen-bond donors (Lipinski definition) is 2. The minimum Gasteiger partial charge on any atom is -0.368 e. The number of likely N-dealkylation sites (tertiary alicyclic amines) is 1. The van der Waals surface area contributed by atoms with E-state index < -0.39 is 6.23 Å². The van der Waals surface area contributed by atoms with Gasteiger partial charge in [-0.05, 0) is 43.2 Å². The van der Waals surface area contributed by atoms with E-state index in [1.165, 1.54) is 23.3 Å². The molecule has 2 atom stereocenters. The van der Waals surface area contributed by atoms with Crippen LogP contribution in [0.5, 0.6) is 0 Å². The van der Waals surface area contributed by atoms with Gasteiger partial charge in [0.25, 0.3) is 0 Å².